The van der Waals surface area contributed by atoms with E-state index in [1.54, 1.807) is 4.90 Å². The zero-order valence-electron chi connectivity index (χ0n) is 19.9. The third-order valence-corrected chi connectivity index (χ3v) is 6.97. The number of carbonyl (C=O) groups excluding carboxylic acids is 3. The first-order chi connectivity index (χ1) is 16.3. The number of esters is 1. The number of benzene rings is 1. The second kappa shape index (κ2) is 9.72. The quantitative estimate of drug-likeness (QED) is 0.655. The molecule has 8 nitrogen and oxygen atoms in total. The first kappa shape index (κ1) is 23.6. The molecule has 0 bridgehead atoms. The van der Waals surface area contributed by atoms with Crippen LogP contribution in [0.15, 0.2) is 24.3 Å². The SMILES string of the molecule is Cc1ccc(N2CC(C(=O)OCC(=O)Nc3c(C#N)c(C)c(C)n3C3CCCC3)CC2=O)cc1. The highest BCUT2D eigenvalue weighted by Crippen LogP contribution is 2.37. The van der Waals surface area contributed by atoms with E-state index >= 15 is 0 Å². The molecule has 34 heavy (non-hydrogen) atoms. The molecule has 1 aliphatic heterocycles. The van der Waals surface area contributed by atoms with Crippen LogP contribution in [0.3, 0.4) is 0 Å². The van der Waals surface area contributed by atoms with Gasteiger partial charge in [0.15, 0.2) is 6.61 Å². The van der Waals surface area contributed by atoms with Gasteiger partial charge in [-0.1, -0.05) is 30.5 Å². The van der Waals surface area contributed by atoms with E-state index in [1.807, 2.05) is 45.0 Å². The molecule has 2 amide bonds. The van der Waals surface area contributed by atoms with Crippen molar-refractivity contribution in [2.75, 3.05) is 23.4 Å². The highest BCUT2D eigenvalue weighted by atomic mass is 16.5. The first-order valence-electron chi connectivity index (χ1n) is 11.7. The van der Waals surface area contributed by atoms with Crippen LogP contribution >= 0.6 is 0 Å². The average molecular weight is 463 g/mol. The number of rotatable bonds is 6. The van der Waals surface area contributed by atoms with E-state index < -0.39 is 24.4 Å². The number of aromatic nitrogens is 1. The molecule has 1 saturated carbocycles. The number of nitrogens with zero attached hydrogens (tertiary/aromatic N) is 3. The molecule has 2 fully saturated rings. The van der Waals surface area contributed by atoms with Crippen molar-refractivity contribution in [1.29, 1.82) is 5.26 Å². The van der Waals surface area contributed by atoms with Gasteiger partial charge >= 0.3 is 5.97 Å². The van der Waals surface area contributed by atoms with Gasteiger partial charge in [-0.2, -0.15) is 5.26 Å². The minimum Gasteiger partial charge on any atom is -0.455 e. The maximum absolute atomic E-state index is 12.7. The van der Waals surface area contributed by atoms with Crippen LogP contribution in [-0.2, 0) is 19.1 Å². The van der Waals surface area contributed by atoms with E-state index in [0.29, 0.717) is 11.4 Å². The first-order valence-corrected chi connectivity index (χ1v) is 11.7. The van der Waals surface area contributed by atoms with Crippen LogP contribution in [0.5, 0.6) is 0 Å². The van der Waals surface area contributed by atoms with Crippen molar-refractivity contribution in [2.45, 2.75) is 58.9 Å². The molecule has 178 valence electrons. The van der Waals surface area contributed by atoms with Crippen molar-refractivity contribution in [3.8, 4) is 6.07 Å². The number of anilines is 2. The van der Waals surface area contributed by atoms with Crippen molar-refractivity contribution in [3.63, 3.8) is 0 Å². The number of hydrogen-bond donors (Lipinski definition) is 1. The Labute approximate surface area is 199 Å². The Morgan fingerprint density at radius 1 is 1.15 bits per heavy atom. The lowest BCUT2D eigenvalue weighted by molar-refractivity contribution is -0.151. The molecule has 0 spiro atoms. The maximum atomic E-state index is 12.7. The summed E-state index contributed by atoms with van der Waals surface area (Å²) in [6.07, 6.45) is 4.30. The molecular weight excluding hydrogens is 432 g/mol. The molecule has 1 unspecified atom stereocenters. The summed E-state index contributed by atoms with van der Waals surface area (Å²) in [5.74, 6) is -1.36. The fourth-order valence-corrected chi connectivity index (χ4v) is 4.97. The fraction of sp³-hybridized carbons (Fsp3) is 0.462. The van der Waals surface area contributed by atoms with Gasteiger partial charge in [-0.25, -0.2) is 0 Å². The molecule has 1 aromatic carbocycles. The number of ether oxygens (including phenoxy) is 1. The highest BCUT2D eigenvalue weighted by molar-refractivity contribution is 6.00. The van der Waals surface area contributed by atoms with E-state index in [-0.39, 0.29) is 24.9 Å². The Hall–Kier alpha value is -3.60. The lowest BCUT2D eigenvalue weighted by Gasteiger charge is -2.19. The molecule has 1 aliphatic carbocycles. The lowest BCUT2D eigenvalue weighted by Crippen LogP contribution is -2.28. The Bertz CT molecular complexity index is 1150. The molecule has 1 saturated heterocycles. The van der Waals surface area contributed by atoms with Crippen LogP contribution in [0, 0.1) is 38.0 Å². The fourth-order valence-electron chi connectivity index (χ4n) is 4.97. The van der Waals surface area contributed by atoms with Gasteiger partial charge in [-0.3, -0.25) is 14.4 Å². The van der Waals surface area contributed by atoms with Gasteiger partial charge < -0.3 is 19.5 Å². The standard InChI is InChI=1S/C26H30N4O4/c1-16-8-10-20(11-9-16)29-14-19(12-24(29)32)26(33)34-15-23(31)28-25-22(13-27)17(2)18(3)30(25)21-6-4-5-7-21/h8-11,19,21H,4-7,12,14-15H2,1-3H3,(H,28,31). The van der Waals surface area contributed by atoms with Crippen LogP contribution in [0.25, 0.3) is 0 Å². The predicted octanol–water partition coefficient (Wildman–Crippen LogP) is 3.93. The van der Waals surface area contributed by atoms with Gasteiger partial charge in [-0.15, -0.1) is 0 Å². The molecule has 1 N–H and O–H groups in total. The van der Waals surface area contributed by atoms with Crippen LogP contribution < -0.4 is 10.2 Å². The normalized spacial score (nSPS) is 18.2. The summed E-state index contributed by atoms with van der Waals surface area (Å²) in [5, 5.41) is 12.5. The molecule has 2 heterocycles. The van der Waals surface area contributed by atoms with E-state index in [1.165, 1.54) is 0 Å². The topological polar surface area (TPSA) is 104 Å². The molecule has 1 atom stereocenters. The second-order valence-corrected chi connectivity index (χ2v) is 9.25. The lowest BCUT2D eigenvalue weighted by atomic mass is 10.1. The zero-order valence-corrected chi connectivity index (χ0v) is 19.9. The monoisotopic (exact) mass is 462 g/mol. The maximum Gasteiger partial charge on any atom is 0.311 e. The van der Waals surface area contributed by atoms with E-state index in [2.05, 4.69) is 16.0 Å². The highest BCUT2D eigenvalue weighted by Gasteiger charge is 2.36. The zero-order chi connectivity index (χ0) is 24.4. The van der Waals surface area contributed by atoms with Crippen LogP contribution in [-0.4, -0.2) is 35.5 Å². The largest absolute Gasteiger partial charge is 0.455 e. The molecule has 0 radical (unpaired) electrons. The third kappa shape index (κ3) is 4.56. The summed E-state index contributed by atoms with van der Waals surface area (Å²) >= 11 is 0. The molecule has 2 aromatic rings. The van der Waals surface area contributed by atoms with Gasteiger partial charge in [0.1, 0.15) is 11.9 Å². The second-order valence-electron chi connectivity index (χ2n) is 9.25. The number of nitrogens with one attached hydrogen (secondary N) is 1. The molecule has 1 aromatic heterocycles. The Balaban J connectivity index is 1.39. The van der Waals surface area contributed by atoms with Crippen molar-refractivity contribution in [3.05, 3.63) is 46.6 Å². The average Bonchev–Trinajstić information content (AvgIpc) is 3.53. The van der Waals surface area contributed by atoms with Crippen molar-refractivity contribution in [2.24, 2.45) is 5.92 Å². The molecular formula is C26H30N4O4. The Morgan fingerprint density at radius 2 is 1.82 bits per heavy atom. The minimum atomic E-state index is -0.622. The van der Waals surface area contributed by atoms with E-state index in [9.17, 15) is 19.6 Å². The van der Waals surface area contributed by atoms with Crippen LogP contribution in [0.1, 0.15) is 60.5 Å². The van der Waals surface area contributed by atoms with Gasteiger partial charge in [-0.05, 0) is 51.3 Å². The summed E-state index contributed by atoms with van der Waals surface area (Å²) < 4.78 is 7.32. The summed E-state index contributed by atoms with van der Waals surface area (Å²) in [5.41, 5.74) is 4.09. The number of carbonyl (C=O) groups is 3. The van der Waals surface area contributed by atoms with Gasteiger partial charge in [0.05, 0.1) is 11.5 Å². The predicted molar refractivity (Wildman–Crippen MR) is 127 cm³/mol. The smallest absolute Gasteiger partial charge is 0.311 e. The third-order valence-electron chi connectivity index (χ3n) is 6.97. The van der Waals surface area contributed by atoms with Crippen molar-refractivity contribution >= 4 is 29.3 Å². The molecule has 2 aliphatic rings. The van der Waals surface area contributed by atoms with Gasteiger partial charge in [0.25, 0.3) is 5.91 Å². The van der Waals surface area contributed by atoms with Gasteiger partial charge in [0.2, 0.25) is 5.91 Å². The minimum absolute atomic E-state index is 0.0514. The number of aryl methyl sites for hydroxylation is 1. The van der Waals surface area contributed by atoms with E-state index in [0.717, 1.165) is 48.2 Å². The van der Waals surface area contributed by atoms with Crippen molar-refractivity contribution in [1.82, 2.24) is 4.57 Å². The molecule has 4 rings (SSSR count). The van der Waals surface area contributed by atoms with Crippen LogP contribution in [0.4, 0.5) is 11.5 Å². The summed E-state index contributed by atoms with van der Waals surface area (Å²) in [7, 11) is 0. The Kier molecular flexibility index (Phi) is 6.73. The summed E-state index contributed by atoms with van der Waals surface area (Å²) in [6, 6.07) is 9.99. The van der Waals surface area contributed by atoms with Gasteiger partial charge in [0, 0.05) is 30.4 Å². The summed E-state index contributed by atoms with van der Waals surface area (Å²) in [4.78, 5) is 39.3. The van der Waals surface area contributed by atoms with Crippen molar-refractivity contribution < 1.29 is 19.1 Å². The van der Waals surface area contributed by atoms with E-state index in [4.69, 9.17) is 4.74 Å². The summed E-state index contributed by atoms with van der Waals surface area (Å²) in [6.45, 7) is 5.57. The Morgan fingerprint density at radius 3 is 2.47 bits per heavy atom. The molecule has 8 heteroatoms. The number of nitriles is 1. The van der Waals surface area contributed by atoms with Crippen LogP contribution in [0.2, 0.25) is 0 Å². The number of amides is 2. The number of hydrogen-bond acceptors (Lipinski definition) is 5.